The highest BCUT2D eigenvalue weighted by atomic mass is 15.1. The molecule has 0 spiro atoms. The van der Waals surface area contributed by atoms with E-state index in [1.807, 2.05) is 0 Å². The summed E-state index contributed by atoms with van der Waals surface area (Å²) in [6.07, 6.45) is 5.64. The molecule has 84 valence electrons. The molecule has 2 heteroatoms. The molecular formula is C12H26N2. The third-order valence-corrected chi connectivity index (χ3v) is 3.77. The van der Waals surface area contributed by atoms with Gasteiger partial charge in [0.15, 0.2) is 0 Å². The van der Waals surface area contributed by atoms with E-state index in [0.717, 1.165) is 19.0 Å². The van der Waals surface area contributed by atoms with Crippen molar-refractivity contribution in [3.8, 4) is 0 Å². The smallest absolute Gasteiger partial charge is 0.0102 e. The fourth-order valence-corrected chi connectivity index (χ4v) is 2.59. The third-order valence-electron chi connectivity index (χ3n) is 3.77. The average molecular weight is 198 g/mol. The summed E-state index contributed by atoms with van der Waals surface area (Å²) in [6.45, 7) is 7.89. The Bertz CT molecular complexity index is 166. The molecule has 2 N–H and O–H groups in total. The van der Waals surface area contributed by atoms with Crippen molar-refractivity contribution in [2.75, 3.05) is 26.7 Å². The van der Waals surface area contributed by atoms with Gasteiger partial charge in [-0.3, -0.25) is 0 Å². The van der Waals surface area contributed by atoms with E-state index >= 15 is 0 Å². The van der Waals surface area contributed by atoms with E-state index in [2.05, 4.69) is 25.8 Å². The maximum atomic E-state index is 5.56. The van der Waals surface area contributed by atoms with Crippen LogP contribution in [0.25, 0.3) is 0 Å². The zero-order valence-corrected chi connectivity index (χ0v) is 10.1. The summed E-state index contributed by atoms with van der Waals surface area (Å²) >= 11 is 0. The van der Waals surface area contributed by atoms with Gasteiger partial charge in [0.2, 0.25) is 0 Å². The zero-order valence-electron chi connectivity index (χ0n) is 10.1. The molecule has 0 amide bonds. The number of hydrogen-bond donors (Lipinski definition) is 1. The van der Waals surface area contributed by atoms with E-state index in [1.54, 1.807) is 0 Å². The van der Waals surface area contributed by atoms with Crippen LogP contribution in [0.4, 0.5) is 0 Å². The molecule has 1 fully saturated rings. The molecule has 1 aliphatic carbocycles. The molecule has 0 aromatic carbocycles. The lowest BCUT2D eigenvalue weighted by atomic mass is 9.69. The van der Waals surface area contributed by atoms with E-state index in [-0.39, 0.29) is 0 Å². The molecule has 0 aromatic rings. The van der Waals surface area contributed by atoms with E-state index < -0.39 is 0 Å². The highest BCUT2D eigenvalue weighted by Gasteiger charge is 2.32. The Morgan fingerprint density at radius 3 is 2.64 bits per heavy atom. The van der Waals surface area contributed by atoms with Crippen LogP contribution < -0.4 is 5.73 Å². The SMILES string of the molecule is CN(CCN)CC1CCCCC1(C)C. The predicted octanol–water partition coefficient (Wildman–Crippen LogP) is 2.09. The molecule has 14 heavy (non-hydrogen) atoms. The maximum absolute atomic E-state index is 5.56. The van der Waals surface area contributed by atoms with Crippen LogP contribution in [0.1, 0.15) is 39.5 Å². The molecule has 0 aliphatic heterocycles. The van der Waals surface area contributed by atoms with Gasteiger partial charge in [-0.1, -0.05) is 26.7 Å². The lowest BCUT2D eigenvalue weighted by Gasteiger charge is -2.40. The van der Waals surface area contributed by atoms with Gasteiger partial charge in [-0.15, -0.1) is 0 Å². The second-order valence-corrected chi connectivity index (χ2v) is 5.48. The van der Waals surface area contributed by atoms with Crippen molar-refractivity contribution in [2.45, 2.75) is 39.5 Å². The van der Waals surface area contributed by atoms with Crippen molar-refractivity contribution < 1.29 is 0 Å². The van der Waals surface area contributed by atoms with E-state index in [9.17, 15) is 0 Å². The monoisotopic (exact) mass is 198 g/mol. The summed E-state index contributed by atoms with van der Waals surface area (Å²) in [5.41, 5.74) is 6.10. The molecule has 1 saturated carbocycles. The van der Waals surface area contributed by atoms with Crippen LogP contribution in [0, 0.1) is 11.3 Å². The number of nitrogens with zero attached hydrogens (tertiary/aromatic N) is 1. The van der Waals surface area contributed by atoms with Crippen LogP contribution in [-0.2, 0) is 0 Å². The van der Waals surface area contributed by atoms with E-state index in [4.69, 9.17) is 5.73 Å². The standard InChI is InChI=1S/C12H26N2/c1-12(2)7-5-4-6-11(12)10-14(3)9-8-13/h11H,4-10,13H2,1-3H3. The highest BCUT2D eigenvalue weighted by Crippen LogP contribution is 2.40. The van der Waals surface area contributed by atoms with Gasteiger partial charge >= 0.3 is 0 Å². The minimum atomic E-state index is 0.543. The first kappa shape index (κ1) is 12.0. The molecule has 1 rings (SSSR count). The van der Waals surface area contributed by atoms with Crippen molar-refractivity contribution in [3.05, 3.63) is 0 Å². The molecular weight excluding hydrogens is 172 g/mol. The minimum Gasteiger partial charge on any atom is -0.329 e. The summed E-state index contributed by atoms with van der Waals surface area (Å²) in [5, 5.41) is 0. The van der Waals surface area contributed by atoms with Gasteiger partial charge in [-0.05, 0) is 31.2 Å². The first-order chi connectivity index (χ1) is 6.56. The van der Waals surface area contributed by atoms with Crippen molar-refractivity contribution in [2.24, 2.45) is 17.1 Å². The second-order valence-electron chi connectivity index (χ2n) is 5.48. The molecule has 0 heterocycles. The average Bonchev–Trinajstić information content (AvgIpc) is 2.09. The van der Waals surface area contributed by atoms with Gasteiger partial charge in [0.1, 0.15) is 0 Å². The third kappa shape index (κ3) is 3.25. The first-order valence-corrected chi connectivity index (χ1v) is 5.95. The summed E-state index contributed by atoms with van der Waals surface area (Å²) in [6, 6.07) is 0. The lowest BCUT2D eigenvalue weighted by molar-refractivity contribution is 0.101. The van der Waals surface area contributed by atoms with Crippen LogP contribution in [0.2, 0.25) is 0 Å². The zero-order chi connectivity index (χ0) is 10.6. The number of nitrogens with two attached hydrogens (primary N) is 1. The van der Waals surface area contributed by atoms with Gasteiger partial charge in [0.25, 0.3) is 0 Å². The van der Waals surface area contributed by atoms with Gasteiger partial charge in [-0.25, -0.2) is 0 Å². The number of rotatable bonds is 4. The first-order valence-electron chi connectivity index (χ1n) is 5.95. The van der Waals surface area contributed by atoms with Crippen molar-refractivity contribution in [3.63, 3.8) is 0 Å². The van der Waals surface area contributed by atoms with Gasteiger partial charge in [0, 0.05) is 19.6 Å². The van der Waals surface area contributed by atoms with Crippen molar-refractivity contribution >= 4 is 0 Å². The summed E-state index contributed by atoms with van der Waals surface area (Å²) in [7, 11) is 2.19. The van der Waals surface area contributed by atoms with Crippen LogP contribution in [-0.4, -0.2) is 31.6 Å². The number of likely N-dealkylation sites (N-methyl/N-ethyl adjacent to an activating group) is 1. The van der Waals surface area contributed by atoms with Gasteiger partial charge < -0.3 is 10.6 Å². The van der Waals surface area contributed by atoms with Crippen LogP contribution in [0.3, 0.4) is 0 Å². The van der Waals surface area contributed by atoms with Crippen molar-refractivity contribution in [1.82, 2.24) is 4.90 Å². The minimum absolute atomic E-state index is 0.543. The largest absolute Gasteiger partial charge is 0.329 e. The molecule has 1 atom stereocenters. The fraction of sp³-hybridized carbons (Fsp3) is 1.00. The predicted molar refractivity (Wildman–Crippen MR) is 62.3 cm³/mol. The maximum Gasteiger partial charge on any atom is 0.0102 e. The van der Waals surface area contributed by atoms with Crippen LogP contribution in [0.15, 0.2) is 0 Å². The Morgan fingerprint density at radius 2 is 2.07 bits per heavy atom. The Morgan fingerprint density at radius 1 is 1.36 bits per heavy atom. The summed E-state index contributed by atoms with van der Waals surface area (Å²) in [4.78, 5) is 2.39. The van der Waals surface area contributed by atoms with E-state index in [0.29, 0.717) is 5.41 Å². The summed E-state index contributed by atoms with van der Waals surface area (Å²) < 4.78 is 0. The van der Waals surface area contributed by atoms with Crippen LogP contribution >= 0.6 is 0 Å². The molecule has 0 saturated heterocycles. The molecule has 2 nitrogen and oxygen atoms in total. The highest BCUT2D eigenvalue weighted by molar-refractivity contribution is 4.84. The molecule has 1 aliphatic rings. The molecule has 0 aromatic heterocycles. The number of hydrogen-bond acceptors (Lipinski definition) is 2. The molecule has 0 radical (unpaired) electrons. The van der Waals surface area contributed by atoms with Crippen LogP contribution in [0.5, 0.6) is 0 Å². The van der Waals surface area contributed by atoms with E-state index in [1.165, 1.54) is 32.2 Å². The second kappa shape index (κ2) is 5.13. The Balaban J connectivity index is 2.41. The Labute approximate surface area is 88.8 Å². The Kier molecular flexibility index (Phi) is 4.39. The van der Waals surface area contributed by atoms with Gasteiger partial charge in [-0.2, -0.15) is 0 Å². The topological polar surface area (TPSA) is 29.3 Å². The van der Waals surface area contributed by atoms with Gasteiger partial charge in [0.05, 0.1) is 0 Å². The molecule has 1 unspecified atom stereocenters. The fourth-order valence-electron chi connectivity index (χ4n) is 2.59. The molecule has 0 bridgehead atoms. The quantitative estimate of drug-likeness (QED) is 0.749. The Hall–Kier alpha value is -0.0800. The lowest BCUT2D eigenvalue weighted by Crippen LogP contribution is -2.38. The van der Waals surface area contributed by atoms with Crippen molar-refractivity contribution in [1.29, 1.82) is 0 Å². The normalized spacial score (nSPS) is 26.8. The summed E-state index contributed by atoms with van der Waals surface area (Å²) in [5.74, 6) is 0.868.